The van der Waals surface area contributed by atoms with Crippen molar-refractivity contribution in [3.05, 3.63) is 60.2 Å². The Labute approximate surface area is 125 Å². The third-order valence-corrected chi connectivity index (χ3v) is 4.57. The maximum atomic E-state index is 3.49. The van der Waals surface area contributed by atoms with Crippen LogP contribution in [0.1, 0.15) is 5.56 Å². The lowest BCUT2D eigenvalue weighted by Gasteiger charge is -2.24. The van der Waals surface area contributed by atoms with Gasteiger partial charge in [0.25, 0.3) is 0 Å². The molecule has 0 unspecified atom stereocenters. The number of para-hydroxylation sites is 1. The molecule has 1 N–H and O–H groups in total. The van der Waals surface area contributed by atoms with E-state index in [4.69, 9.17) is 0 Å². The number of benzene rings is 2. The van der Waals surface area contributed by atoms with E-state index in [9.17, 15) is 0 Å². The Bertz CT molecular complexity index is 542. The number of fused-ring (bicyclic) bond motifs is 1. The Morgan fingerprint density at radius 2 is 1.80 bits per heavy atom. The first-order chi connectivity index (χ1) is 9.93. The third kappa shape index (κ3) is 3.35. The van der Waals surface area contributed by atoms with Crippen LogP contribution < -0.4 is 10.2 Å². The molecule has 0 spiro atoms. The fourth-order valence-electron chi connectivity index (χ4n) is 2.55. The summed E-state index contributed by atoms with van der Waals surface area (Å²) in [6, 6.07) is 19.4. The van der Waals surface area contributed by atoms with E-state index in [1.807, 2.05) is 11.8 Å². The van der Waals surface area contributed by atoms with E-state index in [0.29, 0.717) is 0 Å². The summed E-state index contributed by atoms with van der Waals surface area (Å²) >= 11 is 1.93. The predicted molar refractivity (Wildman–Crippen MR) is 87.5 cm³/mol. The number of thioether (sulfide) groups is 1. The Kier molecular flexibility index (Phi) is 4.61. The second-order valence-corrected chi connectivity index (χ2v) is 6.12. The van der Waals surface area contributed by atoms with E-state index in [-0.39, 0.29) is 0 Å². The summed E-state index contributed by atoms with van der Waals surface area (Å²) in [6.07, 6.45) is 0. The molecule has 0 amide bonds. The lowest BCUT2D eigenvalue weighted by Crippen LogP contribution is -2.30. The predicted octanol–water partition coefficient (Wildman–Crippen LogP) is 3.39. The van der Waals surface area contributed by atoms with Gasteiger partial charge in [-0.3, -0.25) is 0 Å². The van der Waals surface area contributed by atoms with E-state index in [1.54, 1.807) is 0 Å². The molecule has 0 fully saturated rings. The van der Waals surface area contributed by atoms with Gasteiger partial charge in [-0.1, -0.05) is 36.4 Å². The van der Waals surface area contributed by atoms with Gasteiger partial charge in [0.1, 0.15) is 0 Å². The van der Waals surface area contributed by atoms with Crippen molar-refractivity contribution in [1.82, 2.24) is 5.32 Å². The zero-order valence-electron chi connectivity index (χ0n) is 11.6. The van der Waals surface area contributed by atoms with Gasteiger partial charge in [-0.25, -0.2) is 0 Å². The molecule has 0 bridgehead atoms. The van der Waals surface area contributed by atoms with Crippen molar-refractivity contribution in [3.8, 4) is 0 Å². The number of rotatable bonds is 4. The highest BCUT2D eigenvalue weighted by Crippen LogP contribution is 2.23. The topological polar surface area (TPSA) is 15.3 Å². The Morgan fingerprint density at radius 3 is 2.70 bits per heavy atom. The fraction of sp³-hybridized carbons (Fsp3) is 0.294. The molecule has 0 atom stereocenters. The Morgan fingerprint density at radius 1 is 1.00 bits per heavy atom. The molecule has 2 nitrogen and oxygen atoms in total. The van der Waals surface area contributed by atoms with Crippen molar-refractivity contribution in [1.29, 1.82) is 0 Å². The molecule has 2 aromatic rings. The zero-order chi connectivity index (χ0) is 13.6. The van der Waals surface area contributed by atoms with Crippen LogP contribution in [0.2, 0.25) is 0 Å². The van der Waals surface area contributed by atoms with Crippen molar-refractivity contribution >= 4 is 17.4 Å². The minimum Gasteiger partial charge on any atom is -0.369 e. The van der Waals surface area contributed by atoms with Crippen LogP contribution in [0.25, 0.3) is 0 Å². The van der Waals surface area contributed by atoms with Crippen LogP contribution in [0.3, 0.4) is 0 Å². The summed E-state index contributed by atoms with van der Waals surface area (Å²) < 4.78 is 0. The van der Waals surface area contributed by atoms with Gasteiger partial charge in [-0.05, 0) is 23.8 Å². The van der Waals surface area contributed by atoms with Crippen LogP contribution in [-0.2, 0) is 6.54 Å². The third-order valence-electron chi connectivity index (χ3n) is 3.58. The second kappa shape index (κ2) is 6.82. The summed E-state index contributed by atoms with van der Waals surface area (Å²) in [5, 5.41) is 3.49. The molecule has 0 aromatic heterocycles. The van der Waals surface area contributed by atoms with Crippen molar-refractivity contribution in [2.45, 2.75) is 11.4 Å². The van der Waals surface area contributed by atoms with Crippen LogP contribution in [0, 0.1) is 0 Å². The summed E-state index contributed by atoms with van der Waals surface area (Å²) in [7, 11) is 0. The molecule has 2 aromatic carbocycles. The summed E-state index contributed by atoms with van der Waals surface area (Å²) in [4.78, 5) is 3.86. The molecule has 1 aliphatic rings. The lowest BCUT2D eigenvalue weighted by atomic mass is 10.1. The van der Waals surface area contributed by atoms with Crippen LogP contribution >= 0.6 is 11.8 Å². The van der Waals surface area contributed by atoms with E-state index < -0.39 is 0 Å². The molecule has 0 saturated carbocycles. The van der Waals surface area contributed by atoms with Gasteiger partial charge < -0.3 is 10.2 Å². The molecule has 20 heavy (non-hydrogen) atoms. The first-order valence-electron chi connectivity index (χ1n) is 7.15. The lowest BCUT2D eigenvalue weighted by molar-refractivity contribution is 0.696. The van der Waals surface area contributed by atoms with E-state index >= 15 is 0 Å². The van der Waals surface area contributed by atoms with Gasteiger partial charge in [-0.2, -0.15) is 0 Å². The molecular weight excluding hydrogens is 264 g/mol. The standard InChI is InChI=1S/C17H20N2S/c1-2-7-16(8-3-1)20-13-12-19-11-10-18-14-15-6-4-5-9-17(15)19/h1-9,18H,10-14H2. The molecule has 3 rings (SSSR count). The van der Waals surface area contributed by atoms with Gasteiger partial charge in [0.15, 0.2) is 0 Å². The number of nitrogens with zero attached hydrogens (tertiary/aromatic N) is 1. The van der Waals surface area contributed by atoms with Crippen LogP contribution in [-0.4, -0.2) is 25.4 Å². The Hall–Kier alpha value is -1.45. The highest BCUT2D eigenvalue weighted by molar-refractivity contribution is 7.99. The summed E-state index contributed by atoms with van der Waals surface area (Å²) in [5.41, 5.74) is 2.81. The highest BCUT2D eigenvalue weighted by atomic mass is 32.2. The summed E-state index contributed by atoms with van der Waals surface area (Å²) in [5.74, 6) is 1.12. The maximum Gasteiger partial charge on any atom is 0.0412 e. The van der Waals surface area contributed by atoms with E-state index in [0.717, 1.165) is 31.9 Å². The largest absolute Gasteiger partial charge is 0.369 e. The molecule has 1 heterocycles. The Balaban J connectivity index is 1.62. The monoisotopic (exact) mass is 284 g/mol. The van der Waals surface area contributed by atoms with Crippen LogP contribution in [0.15, 0.2) is 59.5 Å². The SMILES string of the molecule is c1ccc(SCCN2CCNCc3ccccc32)cc1. The smallest absolute Gasteiger partial charge is 0.0412 e. The maximum absolute atomic E-state index is 3.49. The number of nitrogens with one attached hydrogen (secondary N) is 1. The average molecular weight is 284 g/mol. The van der Waals surface area contributed by atoms with Crippen LogP contribution in [0.5, 0.6) is 0 Å². The van der Waals surface area contributed by atoms with Gasteiger partial charge in [-0.15, -0.1) is 11.8 Å². The van der Waals surface area contributed by atoms with Crippen molar-refractivity contribution in [2.24, 2.45) is 0 Å². The van der Waals surface area contributed by atoms with E-state index in [2.05, 4.69) is 64.8 Å². The van der Waals surface area contributed by atoms with Crippen molar-refractivity contribution < 1.29 is 0 Å². The van der Waals surface area contributed by atoms with Crippen molar-refractivity contribution in [2.75, 3.05) is 30.3 Å². The molecule has 0 saturated heterocycles. The molecule has 3 heteroatoms. The normalized spacial score (nSPS) is 14.7. The summed E-state index contributed by atoms with van der Waals surface area (Å²) in [6.45, 7) is 4.23. The van der Waals surface area contributed by atoms with E-state index in [1.165, 1.54) is 16.1 Å². The van der Waals surface area contributed by atoms with Gasteiger partial charge in [0, 0.05) is 42.5 Å². The van der Waals surface area contributed by atoms with Gasteiger partial charge >= 0.3 is 0 Å². The molecule has 104 valence electrons. The van der Waals surface area contributed by atoms with Gasteiger partial charge in [0.05, 0.1) is 0 Å². The number of anilines is 1. The van der Waals surface area contributed by atoms with Crippen LogP contribution in [0.4, 0.5) is 5.69 Å². The minimum atomic E-state index is 0.985. The molecule has 0 aliphatic carbocycles. The molecule has 1 aliphatic heterocycles. The van der Waals surface area contributed by atoms with Crippen molar-refractivity contribution in [3.63, 3.8) is 0 Å². The molecule has 0 radical (unpaired) electrons. The fourth-order valence-corrected chi connectivity index (χ4v) is 3.45. The molecular formula is C17H20N2S. The number of hydrogen-bond donors (Lipinski definition) is 1. The quantitative estimate of drug-likeness (QED) is 0.866. The number of hydrogen-bond acceptors (Lipinski definition) is 3. The average Bonchev–Trinajstić information content (AvgIpc) is 2.71. The second-order valence-electron chi connectivity index (χ2n) is 4.95. The minimum absolute atomic E-state index is 0.985. The first kappa shape index (κ1) is 13.5. The highest BCUT2D eigenvalue weighted by Gasteiger charge is 2.13. The zero-order valence-corrected chi connectivity index (χ0v) is 12.4. The van der Waals surface area contributed by atoms with Gasteiger partial charge in [0.2, 0.25) is 0 Å². The first-order valence-corrected chi connectivity index (χ1v) is 8.13.